The predicted molar refractivity (Wildman–Crippen MR) is 103 cm³/mol. The van der Waals surface area contributed by atoms with E-state index < -0.39 is 0 Å². The van der Waals surface area contributed by atoms with E-state index in [9.17, 15) is 9.90 Å². The third-order valence-electron chi connectivity index (χ3n) is 5.06. The Morgan fingerprint density at radius 1 is 1.11 bits per heavy atom. The third-order valence-corrected chi connectivity index (χ3v) is 5.06. The normalized spacial score (nSPS) is 16.1. The van der Waals surface area contributed by atoms with E-state index in [-0.39, 0.29) is 17.6 Å². The lowest BCUT2D eigenvalue weighted by Gasteiger charge is -2.32. The molecule has 4 aromatic rings. The van der Waals surface area contributed by atoms with Gasteiger partial charge in [0.15, 0.2) is 0 Å². The number of fused-ring (bicyclic) bond motifs is 2. The second-order valence-electron chi connectivity index (χ2n) is 6.84. The molecule has 0 fully saturated rings. The van der Waals surface area contributed by atoms with Crippen LogP contribution in [0.3, 0.4) is 0 Å². The van der Waals surface area contributed by atoms with Gasteiger partial charge in [-0.2, -0.15) is 0 Å². The average Bonchev–Trinajstić information content (AvgIpc) is 3.21. The van der Waals surface area contributed by atoms with E-state index in [2.05, 4.69) is 19.9 Å². The van der Waals surface area contributed by atoms with Crippen molar-refractivity contribution in [1.29, 1.82) is 0 Å². The molecule has 0 spiro atoms. The second kappa shape index (κ2) is 6.45. The summed E-state index contributed by atoms with van der Waals surface area (Å²) in [6.45, 7) is 0.882. The standard InChI is InChI=1S/C21H17N5O2/c27-14-5-3-4-13(8-14)15-10-26(11-19-20(15)24-12-23-19)21(28)18-9-22-16-6-1-2-7-17(16)25-18/h1-9,12,15,27H,10-11H2,(H,23,24). The molecule has 3 heterocycles. The molecular weight excluding hydrogens is 354 g/mol. The summed E-state index contributed by atoms with van der Waals surface area (Å²) in [4.78, 5) is 31.3. The summed E-state index contributed by atoms with van der Waals surface area (Å²) < 4.78 is 0. The lowest BCUT2D eigenvalue weighted by molar-refractivity contribution is 0.0716. The highest BCUT2D eigenvalue weighted by Crippen LogP contribution is 2.33. The number of rotatable bonds is 2. The fourth-order valence-corrected chi connectivity index (χ4v) is 3.70. The fourth-order valence-electron chi connectivity index (χ4n) is 3.70. The van der Waals surface area contributed by atoms with Crippen LogP contribution < -0.4 is 0 Å². The van der Waals surface area contributed by atoms with Crippen LogP contribution in [0.4, 0.5) is 0 Å². The predicted octanol–water partition coefficient (Wildman–Crippen LogP) is 2.85. The zero-order chi connectivity index (χ0) is 19.1. The molecule has 0 saturated carbocycles. The number of benzene rings is 2. The van der Waals surface area contributed by atoms with E-state index in [4.69, 9.17) is 0 Å². The number of phenols is 1. The first kappa shape index (κ1) is 16.4. The molecule has 2 N–H and O–H groups in total. The maximum Gasteiger partial charge on any atom is 0.274 e. The van der Waals surface area contributed by atoms with Crippen molar-refractivity contribution in [1.82, 2.24) is 24.8 Å². The van der Waals surface area contributed by atoms with Crippen LogP contribution >= 0.6 is 0 Å². The molecule has 0 radical (unpaired) electrons. The molecule has 0 saturated heterocycles. The molecule has 1 amide bonds. The molecule has 28 heavy (non-hydrogen) atoms. The summed E-state index contributed by atoms with van der Waals surface area (Å²) >= 11 is 0. The third kappa shape index (κ3) is 2.77. The SMILES string of the molecule is O=C(c1cnc2ccccc2n1)N1Cc2[nH]cnc2C(c2cccc(O)c2)C1. The van der Waals surface area contributed by atoms with Gasteiger partial charge in [0.05, 0.1) is 41.5 Å². The summed E-state index contributed by atoms with van der Waals surface area (Å²) in [5.74, 6) is -0.110. The molecule has 1 aliphatic rings. The first-order valence-corrected chi connectivity index (χ1v) is 9.01. The fraction of sp³-hybridized carbons (Fsp3) is 0.143. The van der Waals surface area contributed by atoms with Crippen LogP contribution in [0.25, 0.3) is 11.0 Å². The lowest BCUT2D eigenvalue weighted by Crippen LogP contribution is -2.39. The Morgan fingerprint density at radius 3 is 2.82 bits per heavy atom. The monoisotopic (exact) mass is 371 g/mol. The van der Waals surface area contributed by atoms with Crippen LogP contribution in [-0.2, 0) is 6.54 Å². The molecule has 2 aromatic carbocycles. The highest BCUT2D eigenvalue weighted by Gasteiger charge is 2.32. The molecule has 7 nitrogen and oxygen atoms in total. The van der Waals surface area contributed by atoms with Crippen molar-refractivity contribution in [2.45, 2.75) is 12.5 Å². The van der Waals surface area contributed by atoms with E-state index in [0.29, 0.717) is 24.3 Å². The summed E-state index contributed by atoms with van der Waals surface area (Å²) in [5, 5.41) is 9.87. The Kier molecular flexibility index (Phi) is 3.79. The smallest absolute Gasteiger partial charge is 0.274 e. The summed E-state index contributed by atoms with van der Waals surface area (Å²) in [6, 6.07) is 14.6. The van der Waals surface area contributed by atoms with Gasteiger partial charge >= 0.3 is 0 Å². The van der Waals surface area contributed by atoms with Crippen molar-refractivity contribution in [3.8, 4) is 5.75 Å². The Bertz CT molecular complexity index is 1190. The number of hydrogen-bond acceptors (Lipinski definition) is 5. The van der Waals surface area contributed by atoms with E-state index in [1.54, 1.807) is 29.4 Å². The molecule has 7 heteroatoms. The van der Waals surface area contributed by atoms with Gasteiger partial charge in [-0.15, -0.1) is 0 Å². The van der Waals surface area contributed by atoms with Gasteiger partial charge in [0.2, 0.25) is 0 Å². The van der Waals surface area contributed by atoms with Crippen LogP contribution in [0.2, 0.25) is 0 Å². The number of carbonyl (C=O) groups excluding carboxylic acids is 1. The molecule has 1 unspecified atom stereocenters. The van der Waals surface area contributed by atoms with Crippen LogP contribution in [0.15, 0.2) is 61.1 Å². The second-order valence-corrected chi connectivity index (χ2v) is 6.84. The van der Waals surface area contributed by atoms with Crippen molar-refractivity contribution in [3.63, 3.8) is 0 Å². The zero-order valence-electron chi connectivity index (χ0n) is 14.9. The van der Waals surface area contributed by atoms with Gasteiger partial charge in [0.1, 0.15) is 11.4 Å². The molecule has 0 bridgehead atoms. The van der Waals surface area contributed by atoms with Gasteiger partial charge in [0.25, 0.3) is 5.91 Å². The number of aromatic nitrogens is 4. The molecule has 138 valence electrons. The zero-order valence-corrected chi connectivity index (χ0v) is 14.9. The number of amides is 1. The van der Waals surface area contributed by atoms with Gasteiger partial charge in [-0.3, -0.25) is 9.78 Å². The Labute approximate surface area is 160 Å². The molecule has 2 aromatic heterocycles. The number of nitrogens with one attached hydrogen (secondary N) is 1. The summed E-state index contributed by atoms with van der Waals surface area (Å²) in [7, 11) is 0. The quantitative estimate of drug-likeness (QED) is 0.565. The van der Waals surface area contributed by atoms with E-state index >= 15 is 0 Å². The molecule has 0 aliphatic carbocycles. The highest BCUT2D eigenvalue weighted by atomic mass is 16.3. The number of nitrogens with zero attached hydrogens (tertiary/aromatic N) is 4. The number of H-pyrrole nitrogens is 1. The van der Waals surface area contributed by atoms with Crippen molar-refractivity contribution in [2.75, 3.05) is 6.54 Å². The number of para-hydroxylation sites is 2. The topological polar surface area (TPSA) is 95.0 Å². The Hall–Kier alpha value is -3.74. The van der Waals surface area contributed by atoms with Gasteiger partial charge in [-0.25, -0.2) is 9.97 Å². The average molecular weight is 371 g/mol. The van der Waals surface area contributed by atoms with Gasteiger partial charge in [-0.1, -0.05) is 24.3 Å². The van der Waals surface area contributed by atoms with Crippen LogP contribution in [0, 0.1) is 0 Å². The van der Waals surface area contributed by atoms with E-state index in [1.165, 1.54) is 6.20 Å². The summed E-state index contributed by atoms with van der Waals surface area (Å²) in [6.07, 6.45) is 3.17. The van der Waals surface area contributed by atoms with E-state index in [0.717, 1.165) is 22.5 Å². The number of hydrogen-bond donors (Lipinski definition) is 2. The number of carbonyl (C=O) groups is 1. The number of phenolic OH excluding ortho intramolecular Hbond substituents is 1. The molecule has 1 aliphatic heterocycles. The van der Waals surface area contributed by atoms with Gasteiger partial charge in [0, 0.05) is 12.5 Å². The van der Waals surface area contributed by atoms with Crippen molar-refractivity contribution < 1.29 is 9.90 Å². The lowest BCUT2D eigenvalue weighted by atomic mass is 9.90. The number of aromatic amines is 1. The maximum atomic E-state index is 13.2. The van der Waals surface area contributed by atoms with Crippen LogP contribution in [0.1, 0.15) is 33.4 Å². The first-order chi connectivity index (χ1) is 13.7. The Morgan fingerprint density at radius 2 is 1.96 bits per heavy atom. The minimum absolute atomic E-state index is 0.125. The van der Waals surface area contributed by atoms with Crippen molar-refractivity contribution in [2.24, 2.45) is 0 Å². The highest BCUT2D eigenvalue weighted by molar-refractivity contribution is 5.94. The number of aromatic hydroxyl groups is 1. The molecular formula is C21H17N5O2. The maximum absolute atomic E-state index is 13.2. The minimum Gasteiger partial charge on any atom is -0.508 e. The largest absolute Gasteiger partial charge is 0.508 e. The Balaban J connectivity index is 1.51. The van der Waals surface area contributed by atoms with Crippen LogP contribution in [0.5, 0.6) is 5.75 Å². The van der Waals surface area contributed by atoms with Crippen molar-refractivity contribution in [3.05, 3.63) is 83.7 Å². The van der Waals surface area contributed by atoms with Gasteiger partial charge in [-0.05, 0) is 29.8 Å². The molecule has 5 rings (SSSR count). The van der Waals surface area contributed by atoms with Crippen molar-refractivity contribution >= 4 is 16.9 Å². The first-order valence-electron chi connectivity index (χ1n) is 9.01. The summed E-state index contributed by atoms with van der Waals surface area (Å²) in [5.41, 5.74) is 4.47. The van der Waals surface area contributed by atoms with E-state index in [1.807, 2.05) is 30.3 Å². The molecule has 1 atom stereocenters. The van der Waals surface area contributed by atoms with Gasteiger partial charge < -0.3 is 15.0 Å². The number of imidazole rings is 1. The van der Waals surface area contributed by atoms with Crippen LogP contribution in [-0.4, -0.2) is 42.4 Å². The minimum atomic E-state index is -0.177.